The molecule has 1 N–H and O–H groups in total. The fraction of sp³-hybridized carbons (Fsp3) is 1.00. The third kappa shape index (κ3) is 4.94. The van der Waals surface area contributed by atoms with E-state index in [1.165, 1.54) is 0 Å². The molecule has 0 spiro atoms. The van der Waals surface area contributed by atoms with Gasteiger partial charge in [0.15, 0.2) is 0 Å². The van der Waals surface area contributed by atoms with Crippen molar-refractivity contribution < 1.29 is 9.47 Å². The molecule has 1 heterocycles. The molecule has 1 aliphatic rings. The van der Waals surface area contributed by atoms with Crippen LogP contribution in [0.5, 0.6) is 0 Å². The van der Waals surface area contributed by atoms with Gasteiger partial charge in [0.05, 0.1) is 5.60 Å². The molecule has 1 rings (SSSR count). The summed E-state index contributed by atoms with van der Waals surface area (Å²) in [6.07, 6.45) is 5.67. The van der Waals surface area contributed by atoms with E-state index < -0.39 is 0 Å². The largest absolute Gasteiger partial charge is 0.382 e. The van der Waals surface area contributed by atoms with Gasteiger partial charge in [-0.1, -0.05) is 13.8 Å². The minimum atomic E-state index is 0.135. The SMILES string of the molecule is CCOCCCNC1CCOC(CC)(CC)C1. The number of hydrogen-bond donors (Lipinski definition) is 1. The highest BCUT2D eigenvalue weighted by Crippen LogP contribution is 2.31. The van der Waals surface area contributed by atoms with E-state index in [2.05, 4.69) is 19.2 Å². The highest BCUT2D eigenvalue weighted by atomic mass is 16.5. The van der Waals surface area contributed by atoms with E-state index in [-0.39, 0.29) is 5.60 Å². The quantitative estimate of drug-likeness (QED) is 0.665. The first-order valence-electron chi connectivity index (χ1n) is 7.21. The Hall–Kier alpha value is -0.120. The zero-order chi connectivity index (χ0) is 12.6. The maximum absolute atomic E-state index is 5.97. The van der Waals surface area contributed by atoms with Crippen LogP contribution in [0.2, 0.25) is 0 Å². The van der Waals surface area contributed by atoms with Gasteiger partial charge < -0.3 is 14.8 Å². The number of hydrogen-bond acceptors (Lipinski definition) is 3. The predicted molar refractivity (Wildman–Crippen MR) is 71.4 cm³/mol. The van der Waals surface area contributed by atoms with Crippen LogP contribution in [-0.4, -0.2) is 38.0 Å². The van der Waals surface area contributed by atoms with Crippen molar-refractivity contribution in [3.05, 3.63) is 0 Å². The first kappa shape index (κ1) is 14.9. The molecule has 3 heteroatoms. The van der Waals surface area contributed by atoms with Crippen LogP contribution in [0.3, 0.4) is 0 Å². The van der Waals surface area contributed by atoms with Gasteiger partial charge in [0.25, 0.3) is 0 Å². The summed E-state index contributed by atoms with van der Waals surface area (Å²) in [5.41, 5.74) is 0.135. The van der Waals surface area contributed by atoms with Crippen LogP contribution in [-0.2, 0) is 9.47 Å². The Morgan fingerprint density at radius 2 is 2.06 bits per heavy atom. The molecule has 17 heavy (non-hydrogen) atoms. The summed E-state index contributed by atoms with van der Waals surface area (Å²) < 4.78 is 11.3. The van der Waals surface area contributed by atoms with E-state index in [4.69, 9.17) is 9.47 Å². The predicted octanol–water partition coefficient (Wildman–Crippen LogP) is 2.74. The fourth-order valence-electron chi connectivity index (χ4n) is 2.57. The normalized spacial score (nSPS) is 23.8. The molecule has 0 bridgehead atoms. The molecule has 3 nitrogen and oxygen atoms in total. The van der Waals surface area contributed by atoms with Crippen LogP contribution in [0.4, 0.5) is 0 Å². The fourth-order valence-corrected chi connectivity index (χ4v) is 2.57. The minimum Gasteiger partial charge on any atom is -0.382 e. The van der Waals surface area contributed by atoms with E-state index in [1.807, 2.05) is 6.92 Å². The molecule has 0 aromatic carbocycles. The average molecular weight is 243 g/mol. The number of nitrogens with one attached hydrogen (secondary N) is 1. The first-order valence-corrected chi connectivity index (χ1v) is 7.21. The lowest BCUT2D eigenvalue weighted by Crippen LogP contribution is -2.46. The van der Waals surface area contributed by atoms with Crippen molar-refractivity contribution in [2.24, 2.45) is 0 Å². The van der Waals surface area contributed by atoms with Crippen LogP contribution >= 0.6 is 0 Å². The zero-order valence-corrected chi connectivity index (χ0v) is 11.8. The molecule has 0 amide bonds. The second-order valence-corrected chi connectivity index (χ2v) is 4.93. The van der Waals surface area contributed by atoms with Crippen molar-refractivity contribution in [2.45, 2.75) is 64.5 Å². The van der Waals surface area contributed by atoms with Crippen LogP contribution in [0.15, 0.2) is 0 Å². The molecular weight excluding hydrogens is 214 g/mol. The lowest BCUT2D eigenvalue weighted by molar-refractivity contribution is -0.0930. The Kier molecular flexibility index (Phi) is 7.09. The van der Waals surface area contributed by atoms with Crippen LogP contribution in [0.25, 0.3) is 0 Å². The highest BCUT2D eigenvalue weighted by Gasteiger charge is 2.33. The summed E-state index contributed by atoms with van der Waals surface area (Å²) in [6, 6.07) is 0.630. The Morgan fingerprint density at radius 3 is 2.71 bits per heavy atom. The van der Waals surface area contributed by atoms with Gasteiger partial charge in [0.1, 0.15) is 0 Å². The van der Waals surface area contributed by atoms with Gasteiger partial charge in [-0.15, -0.1) is 0 Å². The smallest absolute Gasteiger partial charge is 0.0692 e. The lowest BCUT2D eigenvalue weighted by atomic mass is 9.86. The Labute approximate surface area is 106 Å². The third-order valence-corrected chi connectivity index (χ3v) is 3.88. The molecule has 0 aliphatic carbocycles. The van der Waals surface area contributed by atoms with Gasteiger partial charge in [-0.3, -0.25) is 0 Å². The minimum absolute atomic E-state index is 0.135. The van der Waals surface area contributed by atoms with Gasteiger partial charge in [-0.05, 0) is 45.6 Å². The van der Waals surface area contributed by atoms with E-state index >= 15 is 0 Å². The summed E-state index contributed by atoms with van der Waals surface area (Å²) in [6.45, 7) is 10.2. The van der Waals surface area contributed by atoms with Gasteiger partial charge in [-0.25, -0.2) is 0 Å². The molecule has 1 unspecified atom stereocenters. The van der Waals surface area contributed by atoms with Gasteiger partial charge in [-0.2, -0.15) is 0 Å². The lowest BCUT2D eigenvalue weighted by Gasteiger charge is -2.40. The highest BCUT2D eigenvalue weighted by molar-refractivity contribution is 4.87. The number of ether oxygens (including phenoxy) is 2. The molecule has 0 saturated carbocycles. The van der Waals surface area contributed by atoms with Crippen molar-refractivity contribution in [3.8, 4) is 0 Å². The Morgan fingerprint density at radius 1 is 1.29 bits per heavy atom. The van der Waals surface area contributed by atoms with Crippen molar-refractivity contribution in [1.82, 2.24) is 5.32 Å². The second-order valence-electron chi connectivity index (χ2n) is 4.93. The summed E-state index contributed by atoms with van der Waals surface area (Å²) in [5, 5.41) is 3.64. The first-order chi connectivity index (χ1) is 8.26. The molecule has 102 valence electrons. The molecule has 1 fully saturated rings. The second kappa shape index (κ2) is 8.06. The van der Waals surface area contributed by atoms with Crippen molar-refractivity contribution in [1.29, 1.82) is 0 Å². The van der Waals surface area contributed by atoms with E-state index in [0.717, 1.165) is 58.5 Å². The Bertz CT molecular complexity index is 193. The van der Waals surface area contributed by atoms with Crippen molar-refractivity contribution in [3.63, 3.8) is 0 Å². The third-order valence-electron chi connectivity index (χ3n) is 3.88. The molecule has 0 radical (unpaired) electrons. The molecule has 1 aliphatic heterocycles. The van der Waals surface area contributed by atoms with Gasteiger partial charge in [0.2, 0.25) is 0 Å². The maximum Gasteiger partial charge on any atom is 0.0692 e. The van der Waals surface area contributed by atoms with E-state index in [9.17, 15) is 0 Å². The standard InChI is InChI=1S/C14H29NO2/c1-4-14(5-2)12-13(8-11-17-14)15-9-7-10-16-6-3/h13,15H,4-12H2,1-3H3. The van der Waals surface area contributed by atoms with Crippen LogP contribution in [0, 0.1) is 0 Å². The monoisotopic (exact) mass is 243 g/mol. The average Bonchev–Trinajstić information content (AvgIpc) is 2.39. The summed E-state index contributed by atoms with van der Waals surface area (Å²) in [7, 11) is 0. The Balaban J connectivity index is 2.20. The molecule has 0 aromatic rings. The topological polar surface area (TPSA) is 30.5 Å². The summed E-state index contributed by atoms with van der Waals surface area (Å²) in [5.74, 6) is 0. The zero-order valence-electron chi connectivity index (χ0n) is 11.8. The van der Waals surface area contributed by atoms with Gasteiger partial charge >= 0.3 is 0 Å². The summed E-state index contributed by atoms with van der Waals surface area (Å²) >= 11 is 0. The van der Waals surface area contributed by atoms with Crippen LogP contribution in [0.1, 0.15) is 52.9 Å². The van der Waals surface area contributed by atoms with E-state index in [0.29, 0.717) is 6.04 Å². The molecule has 1 saturated heterocycles. The number of rotatable bonds is 8. The summed E-state index contributed by atoms with van der Waals surface area (Å²) in [4.78, 5) is 0. The maximum atomic E-state index is 5.97. The molecular formula is C14H29NO2. The molecule has 0 aromatic heterocycles. The molecule has 1 atom stereocenters. The van der Waals surface area contributed by atoms with Crippen molar-refractivity contribution >= 4 is 0 Å². The van der Waals surface area contributed by atoms with E-state index in [1.54, 1.807) is 0 Å². The van der Waals surface area contributed by atoms with Crippen LogP contribution < -0.4 is 5.32 Å². The van der Waals surface area contributed by atoms with Gasteiger partial charge in [0, 0.05) is 25.9 Å². The van der Waals surface area contributed by atoms with Crippen molar-refractivity contribution in [2.75, 3.05) is 26.4 Å².